The molecular formula is C15H22N2O2S. The molecule has 4 nitrogen and oxygen atoms in total. The van der Waals surface area contributed by atoms with Gasteiger partial charge in [0.05, 0.1) is 5.03 Å². The highest BCUT2D eigenvalue weighted by Gasteiger charge is 2.45. The van der Waals surface area contributed by atoms with Crippen LogP contribution in [0.15, 0.2) is 17.2 Å². The maximum atomic E-state index is 11.5. The first kappa shape index (κ1) is 15.3. The van der Waals surface area contributed by atoms with Crippen LogP contribution in [0, 0.1) is 13.8 Å². The van der Waals surface area contributed by atoms with Gasteiger partial charge in [0.25, 0.3) is 0 Å². The first-order valence-corrected chi connectivity index (χ1v) is 7.93. The van der Waals surface area contributed by atoms with Crippen molar-refractivity contribution < 1.29 is 9.90 Å². The van der Waals surface area contributed by atoms with Gasteiger partial charge in [-0.3, -0.25) is 4.79 Å². The van der Waals surface area contributed by atoms with Crippen molar-refractivity contribution in [1.29, 1.82) is 0 Å². The first-order valence-electron chi connectivity index (χ1n) is 7.05. The second-order valence-electron chi connectivity index (χ2n) is 5.52. The summed E-state index contributed by atoms with van der Waals surface area (Å²) in [6.45, 7) is 6.70. The molecule has 0 aromatic carbocycles. The molecule has 1 aromatic rings. The topological polar surface area (TPSA) is 62.2 Å². The maximum Gasteiger partial charge on any atom is 0.323 e. The van der Waals surface area contributed by atoms with Crippen LogP contribution in [0.25, 0.3) is 0 Å². The zero-order valence-corrected chi connectivity index (χ0v) is 13.1. The lowest BCUT2D eigenvalue weighted by Gasteiger charge is -2.25. The summed E-state index contributed by atoms with van der Waals surface area (Å²) in [6.07, 6.45) is 2.27. The van der Waals surface area contributed by atoms with Gasteiger partial charge in [0, 0.05) is 10.9 Å². The van der Waals surface area contributed by atoms with Gasteiger partial charge in [0.2, 0.25) is 0 Å². The highest BCUT2D eigenvalue weighted by molar-refractivity contribution is 7.99. The van der Waals surface area contributed by atoms with Crippen LogP contribution in [0.2, 0.25) is 0 Å². The Hall–Kier alpha value is -1.07. The first-order chi connectivity index (χ1) is 9.45. The molecule has 2 unspecified atom stereocenters. The molecule has 0 amide bonds. The number of nitrogens with zero attached hydrogens (tertiary/aromatic N) is 1. The van der Waals surface area contributed by atoms with E-state index in [0.717, 1.165) is 17.1 Å². The van der Waals surface area contributed by atoms with Crippen molar-refractivity contribution in [1.82, 2.24) is 10.3 Å². The molecule has 1 fully saturated rings. The minimum atomic E-state index is -0.745. The number of aromatic nitrogens is 1. The lowest BCUT2D eigenvalue weighted by atomic mass is 9.98. The number of carbonyl (C=O) groups is 1. The minimum absolute atomic E-state index is 0.318. The Morgan fingerprint density at radius 1 is 1.55 bits per heavy atom. The Kier molecular flexibility index (Phi) is 4.70. The third-order valence-corrected chi connectivity index (χ3v) is 4.94. The van der Waals surface area contributed by atoms with Crippen LogP contribution in [0.3, 0.4) is 0 Å². The second-order valence-corrected chi connectivity index (χ2v) is 6.85. The van der Waals surface area contributed by atoms with Crippen molar-refractivity contribution in [2.75, 3.05) is 6.54 Å². The highest BCUT2D eigenvalue weighted by atomic mass is 32.2. The largest absolute Gasteiger partial charge is 0.480 e. The molecule has 2 atom stereocenters. The molecule has 1 aliphatic rings. The van der Waals surface area contributed by atoms with Gasteiger partial charge in [-0.2, -0.15) is 0 Å². The third kappa shape index (κ3) is 3.33. The number of aryl methyl sites for hydroxylation is 2. The van der Waals surface area contributed by atoms with Crippen molar-refractivity contribution in [3.63, 3.8) is 0 Å². The van der Waals surface area contributed by atoms with E-state index >= 15 is 0 Å². The van der Waals surface area contributed by atoms with Gasteiger partial charge in [-0.15, -0.1) is 11.8 Å². The monoisotopic (exact) mass is 294 g/mol. The molecule has 1 heterocycles. The minimum Gasteiger partial charge on any atom is -0.480 e. The van der Waals surface area contributed by atoms with E-state index in [4.69, 9.17) is 0 Å². The summed E-state index contributed by atoms with van der Waals surface area (Å²) in [5, 5.41) is 14.0. The van der Waals surface area contributed by atoms with Crippen LogP contribution in [0.4, 0.5) is 0 Å². The van der Waals surface area contributed by atoms with E-state index in [1.165, 1.54) is 5.56 Å². The lowest BCUT2D eigenvalue weighted by molar-refractivity contribution is -0.144. The molecule has 20 heavy (non-hydrogen) atoms. The van der Waals surface area contributed by atoms with Crippen molar-refractivity contribution in [2.24, 2.45) is 0 Å². The molecule has 2 N–H and O–H groups in total. The predicted octanol–water partition coefficient (Wildman–Crippen LogP) is 2.78. The van der Waals surface area contributed by atoms with Crippen LogP contribution in [-0.4, -0.2) is 33.4 Å². The van der Waals surface area contributed by atoms with Gasteiger partial charge in [-0.1, -0.05) is 6.92 Å². The summed E-state index contributed by atoms with van der Waals surface area (Å²) in [7, 11) is 0. The standard InChI is InChI=1S/C15H22N2O2S/c1-4-16-15(14(18)19)6-5-12(9-15)20-13-8-10(2)7-11(3)17-13/h7-8,12,16H,4-6,9H2,1-3H3,(H,18,19). The Morgan fingerprint density at radius 3 is 2.90 bits per heavy atom. The van der Waals surface area contributed by atoms with Gasteiger partial charge in [-0.05, 0) is 57.4 Å². The number of nitrogens with one attached hydrogen (secondary N) is 1. The molecular weight excluding hydrogens is 272 g/mol. The summed E-state index contributed by atoms with van der Waals surface area (Å²) in [5.41, 5.74) is 1.47. The number of aliphatic carboxylic acids is 1. The van der Waals surface area contributed by atoms with Crippen LogP contribution in [-0.2, 0) is 4.79 Å². The van der Waals surface area contributed by atoms with Gasteiger partial charge < -0.3 is 10.4 Å². The van der Waals surface area contributed by atoms with Crippen LogP contribution in [0.1, 0.15) is 37.4 Å². The molecule has 5 heteroatoms. The van der Waals surface area contributed by atoms with Gasteiger partial charge >= 0.3 is 5.97 Å². The Labute approximate surface area is 124 Å². The summed E-state index contributed by atoms with van der Waals surface area (Å²) in [6, 6.07) is 4.13. The SMILES string of the molecule is CCNC1(C(=O)O)CCC(Sc2cc(C)cc(C)n2)C1. The molecule has 0 aliphatic heterocycles. The van der Waals surface area contributed by atoms with E-state index < -0.39 is 11.5 Å². The van der Waals surface area contributed by atoms with Crippen molar-refractivity contribution in [3.8, 4) is 0 Å². The number of likely N-dealkylation sites (N-methyl/N-ethyl adjacent to an activating group) is 1. The van der Waals surface area contributed by atoms with Crippen molar-refractivity contribution in [2.45, 2.75) is 55.8 Å². The number of hydrogen-bond donors (Lipinski definition) is 2. The molecule has 2 rings (SSSR count). The Balaban J connectivity index is 2.07. The number of carboxylic acid groups (broad SMARTS) is 1. The van der Waals surface area contributed by atoms with E-state index in [2.05, 4.69) is 29.4 Å². The average Bonchev–Trinajstić information content (AvgIpc) is 2.72. The van der Waals surface area contributed by atoms with Gasteiger partial charge in [0.15, 0.2) is 0 Å². The lowest BCUT2D eigenvalue weighted by Crippen LogP contribution is -2.50. The summed E-state index contributed by atoms with van der Waals surface area (Å²) < 4.78 is 0. The average molecular weight is 294 g/mol. The molecule has 0 bridgehead atoms. The molecule has 0 saturated heterocycles. The fourth-order valence-corrected chi connectivity index (χ4v) is 4.30. The number of thioether (sulfide) groups is 1. The zero-order chi connectivity index (χ0) is 14.8. The Morgan fingerprint density at radius 2 is 2.30 bits per heavy atom. The number of pyridine rings is 1. The van der Waals surface area contributed by atoms with Crippen LogP contribution < -0.4 is 5.32 Å². The van der Waals surface area contributed by atoms with Crippen molar-refractivity contribution in [3.05, 3.63) is 23.4 Å². The quantitative estimate of drug-likeness (QED) is 0.874. The van der Waals surface area contributed by atoms with Crippen LogP contribution >= 0.6 is 11.8 Å². The molecule has 110 valence electrons. The molecule has 1 saturated carbocycles. The van der Waals surface area contributed by atoms with E-state index in [1.807, 2.05) is 13.8 Å². The fraction of sp³-hybridized carbons (Fsp3) is 0.600. The van der Waals surface area contributed by atoms with Crippen molar-refractivity contribution >= 4 is 17.7 Å². The van der Waals surface area contributed by atoms with Crippen LogP contribution in [0.5, 0.6) is 0 Å². The van der Waals surface area contributed by atoms with Gasteiger partial charge in [-0.25, -0.2) is 4.98 Å². The normalized spacial score (nSPS) is 25.9. The van der Waals surface area contributed by atoms with E-state index in [0.29, 0.717) is 24.6 Å². The molecule has 0 radical (unpaired) electrons. The van der Waals surface area contributed by atoms with E-state index in [1.54, 1.807) is 11.8 Å². The number of hydrogen-bond acceptors (Lipinski definition) is 4. The molecule has 1 aliphatic carbocycles. The summed E-state index contributed by atoms with van der Waals surface area (Å²) in [5.74, 6) is -0.726. The predicted molar refractivity (Wildman–Crippen MR) is 81.3 cm³/mol. The molecule has 1 aromatic heterocycles. The number of carboxylic acids is 1. The van der Waals surface area contributed by atoms with E-state index in [-0.39, 0.29) is 0 Å². The summed E-state index contributed by atoms with van der Waals surface area (Å²) in [4.78, 5) is 16.1. The Bertz CT molecular complexity index is 486. The highest BCUT2D eigenvalue weighted by Crippen LogP contribution is 2.40. The molecule has 0 spiro atoms. The second kappa shape index (κ2) is 6.14. The smallest absolute Gasteiger partial charge is 0.323 e. The zero-order valence-electron chi connectivity index (χ0n) is 12.3. The fourth-order valence-electron chi connectivity index (χ4n) is 2.90. The third-order valence-electron chi connectivity index (χ3n) is 3.76. The van der Waals surface area contributed by atoms with Gasteiger partial charge in [0.1, 0.15) is 5.54 Å². The summed E-state index contributed by atoms with van der Waals surface area (Å²) >= 11 is 1.71. The maximum absolute atomic E-state index is 11.5. The van der Waals surface area contributed by atoms with E-state index in [9.17, 15) is 9.90 Å². The number of rotatable bonds is 5.